The summed E-state index contributed by atoms with van der Waals surface area (Å²) in [6.07, 6.45) is 1.49. The molecule has 0 aliphatic rings. The zero-order chi connectivity index (χ0) is 23.8. The van der Waals surface area contributed by atoms with Gasteiger partial charge in [-0.1, -0.05) is 34.1 Å². The minimum Gasteiger partial charge on any atom is -0.490 e. The normalized spacial score (nSPS) is 10.8. The van der Waals surface area contributed by atoms with E-state index in [-0.39, 0.29) is 12.4 Å². The van der Waals surface area contributed by atoms with E-state index in [0.29, 0.717) is 39.4 Å². The van der Waals surface area contributed by atoms with E-state index in [4.69, 9.17) is 9.47 Å². The van der Waals surface area contributed by atoms with Crippen LogP contribution >= 0.6 is 31.9 Å². The van der Waals surface area contributed by atoms with E-state index in [9.17, 15) is 9.18 Å². The fourth-order valence-corrected chi connectivity index (χ4v) is 3.52. The standard InChI is InChI=1S/C24H22Br2FN3O3/c1-3-32-22-11-17(13-28-30-24(31)29-18-8-9-19(25)15(2)10-18)20(26)12-23(22)33-14-16-6-4-5-7-21(16)27/h4-13H,3,14H2,1-2H3,(H2,29,30,31)/b28-13+. The van der Waals surface area contributed by atoms with Crippen LogP contribution in [0.3, 0.4) is 0 Å². The zero-order valence-corrected chi connectivity index (χ0v) is 21.2. The van der Waals surface area contributed by atoms with Crippen LogP contribution in [-0.4, -0.2) is 18.9 Å². The minimum atomic E-state index is -0.473. The van der Waals surface area contributed by atoms with Crippen molar-refractivity contribution in [3.63, 3.8) is 0 Å². The van der Waals surface area contributed by atoms with Gasteiger partial charge in [-0.3, -0.25) is 0 Å². The van der Waals surface area contributed by atoms with Crippen LogP contribution in [0.4, 0.5) is 14.9 Å². The molecule has 3 aromatic carbocycles. The second-order valence-corrected chi connectivity index (χ2v) is 8.63. The Morgan fingerprint density at radius 2 is 1.82 bits per heavy atom. The summed E-state index contributed by atoms with van der Waals surface area (Å²) in [5.41, 5.74) is 5.19. The number of nitrogens with one attached hydrogen (secondary N) is 2. The maximum atomic E-state index is 13.9. The van der Waals surface area contributed by atoms with Crippen molar-refractivity contribution in [3.8, 4) is 11.5 Å². The Kier molecular flexibility index (Phi) is 8.85. The molecule has 9 heteroatoms. The van der Waals surface area contributed by atoms with Gasteiger partial charge >= 0.3 is 6.03 Å². The number of rotatable bonds is 8. The lowest BCUT2D eigenvalue weighted by atomic mass is 10.2. The Labute approximate surface area is 208 Å². The van der Waals surface area contributed by atoms with E-state index < -0.39 is 6.03 Å². The summed E-state index contributed by atoms with van der Waals surface area (Å²) in [5.74, 6) is 0.606. The molecule has 0 aromatic heterocycles. The van der Waals surface area contributed by atoms with Gasteiger partial charge in [0, 0.05) is 25.8 Å². The van der Waals surface area contributed by atoms with Crippen molar-refractivity contribution in [2.24, 2.45) is 5.10 Å². The summed E-state index contributed by atoms with van der Waals surface area (Å²) >= 11 is 6.90. The third-order valence-corrected chi connectivity index (χ3v) is 6.07. The molecule has 0 fully saturated rings. The average Bonchev–Trinajstić information content (AvgIpc) is 2.78. The van der Waals surface area contributed by atoms with Gasteiger partial charge in [-0.15, -0.1) is 0 Å². The Bertz CT molecular complexity index is 1170. The van der Waals surface area contributed by atoms with Crippen molar-refractivity contribution in [2.75, 3.05) is 11.9 Å². The molecule has 3 rings (SSSR count). The summed E-state index contributed by atoms with van der Waals surface area (Å²) in [5, 5.41) is 6.72. The Morgan fingerprint density at radius 1 is 1.06 bits per heavy atom. The van der Waals surface area contributed by atoms with E-state index >= 15 is 0 Å². The molecule has 0 bridgehead atoms. The molecule has 0 saturated carbocycles. The summed E-state index contributed by atoms with van der Waals surface area (Å²) in [6, 6.07) is 14.9. The summed E-state index contributed by atoms with van der Waals surface area (Å²) < 4.78 is 27.0. The first-order valence-corrected chi connectivity index (χ1v) is 11.6. The molecule has 0 saturated heterocycles. The molecule has 33 heavy (non-hydrogen) atoms. The number of urea groups is 1. The van der Waals surface area contributed by atoms with Gasteiger partial charge in [0.1, 0.15) is 12.4 Å². The van der Waals surface area contributed by atoms with Crippen molar-refractivity contribution in [1.29, 1.82) is 0 Å². The molecule has 6 nitrogen and oxygen atoms in total. The SMILES string of the molecule is CCOc1cc(/C=N/NC(=O)Nc2ccc(Br)c(C)c2)c(Br)cc1OCc1ccccc1F. The van der Waals surface area contributed by atoms with Crippen LogP contribution in [0.15, 0.2) is 68.6 Å². The van der Waals surface area contributed by atoms with E-state index in [1.54, 1.807) is 36.4 Å². The Hall–Kier alpha value is -2.91. The van der Waals surface area contributed by atoms with Crippen LogP contribution in [0.2, 0.25) is 0 Å². The van der Waals surface area contributed by atoms with Crippen LogP contribution < -0.4 is 20.2 Å². The summed E-state index contributed by atoms with van der Waals surface area (Å²) in [7, 11) is 0. The summed E-state index contributed by atoms with van der Waals surface area (Å²) in [6.45, 7) is 4.26. The lowest BCUT2D eigenvalue weighted by molar-refractivity contribution is 0.252. The highest BCUT2D eigenvalue weighted by atomic mass is 79.9. The van der Waals surface area contributed by atoms with Crippen LogP contribution in [0.5, 0.6) is 11.5 Å². The number of carbonyl (C=O) groups excluding carboxylic acids is 1. The number of anilines is 1. The molecule has 0 aliphatic heterocycles. The average molecular weight is 579 g/mol. The van der Waals surface area contributed by atoms with E-state index in [1.165, 1.54) is 12.3 Å². The number of hydrogen-bond donors (Lipinski definition) is 2. The Morgan fingerprint density at radius 3 is 2.55 bits per heavy atom. The maximum absolute atomic E-state index is 13.9. The molecule has 0 aliphatic carbocycles. The number of amides is 2. The highest BCUT2D eigenvalue weighted by molar-refractivity contribution is 9.10. The molecule has 0 unspecified atom stereocenters. The van der Waals surface area contributed by atoms with Crippen LogP contribution in [0, 0.1) is 12.7 Å². The molecule has 0 spiro atoms. The van der Waals surface area contributed by atoms with Crippen molar-refractivity contribution in [2.45, 2.75) is 20.5 Å². The van der Waals surface area contributed by atoms with Crippen LogP contribution in [0.1, 0.15) is 23.6 Å². The first kappa shape index (κ1) is 24.7. The number of hydrogen-bond acceptors (Lipinski definition) is 4. The maximum Gasteiger partial charge on any atom is 0.339 e. The lowest BCUT2D eigenvalue weighted by Gasteiger charge is -2.14. The first-order chi connectivity index (χ1) is 15.9. The number of benzene rings is 3. The van der Waals surface area contributed by atoms with Gasteiger partial charge in [-0.2, -0.15) is 5.10 Å². The third-order valence-electron chi connectivity index (χ3n) is 4.49. The molecule has 0 atom stereocenters. The minimum absolute atomic E-state index is 0.0594. The second-order valence-electron chi connectivity index (χ2n) is 6.92. The van der Waals surface area contributed by atoms with Crippen LogP contribution in [0.25, 0.3) is 0 Å². The molecular formula is C24H22Br2FN3O3. The smallest absolute Gasteiger partial charge is 0.339 e. The quantitative estimate of drug-likeness (QED) is 0.228. The predicted molar refractivity (Wildman–Crippen MR) is 135 cm³/mol. The van der Waals surface area contributed by atoms with Gasteiger partial charge in [0.15, 0.2) is 11.5 Å². The third kappa shape index (κ3) is 7.03. The molecule has 0 heterocycles. The van der Waals surface area contributed by atoms with Crippen molar-refractivity contribution >= 4 is 49.8 Å². The lowest BCUT2D eigenvalue weighted by Crippen LogP contribution is -2.24. The molecule has 172 valence electrons. The van der Waals surface area contributed by atoms with Crippen molar-refractivity contribution < 1.29 is 18.7 Å². The number of carbonyl (C=O) groups is 1. The number of halogens is 3. The number of aryl methyl sites for hydroxylation is 1. The molecular weight excluding hydrogens is 557 g/mol. The summed E-state index contributed by atoms with van der Waals surface area (Å²) in [4.78, 5) is 12.1. The second kappa shape index (κ2) is 11.8. The molecule has 3 aromatic rings. The number of hydrazone groups is 1. The molecule has 0 radical (unpaired) electrons. The Balaban J connectivity index is 1.67. The fraction of sp³-hybridized carbons (Fsp3) is 0.167. The van der Waals surface area contributed by atoms with E-state index in [0.717, 1.165) is 10.0 Å². The van der Waals surface area contributed by atoms with Crippen molar-refractivity contribution in [1.82, 2.24) is 5.43 Å². The van der Waals surface area contributed by atoms with E-state index in [2.05, 4.69) is 47.7 Å². The fourth-order valence-electron chi connectivity index (χ4n) is 2.84. The zero-order valence-electron chi connectivity index (χ0n) is 18.0. The molecule has 2 N–H and O–H groups in total. The van der Waals surface area contributed by atoms with Crippen LogP contribution in [-0.2, 0) is 6.61 Å². The highest BCUT2D eigenvalue weighted by Gasteiger charge is 2.12. The first-order valence-electron chi connectivity index (χ1n) is 10.1. The number of ether oxygens (including phenoxy) is 2. The number of nitrogens with zero attached hydrogens (tertiary/aromatic N) is 1. The van der Waals surface area contributed by atoms with Gasteiger partial charge in [0.05, 0.1) is 12.8 Å². The van der Waals surface area contributed by atoms with Gasteiger partial charge in [-0.05, 0) is 71.7 Å². The van der Waals surface area contributed by atoms with Gasteiger partial charge in [0.2, 0.25) is 0 Å². The highest BCUT2D eigenvalue weighted by Crippen LogP contribution is 2.34. The predicted octanol–water partition coefficient (Wildman–Crippen LogP) is 6.79. The van der Waals surface area contributed by atoms with Gasteiger partial charge in [0.25, 0.3) is 0 Å². The van der Waals surface area contributed by atoms with Gasteiger partial charge in [-0.25, -0.2) is 14.6 Å². The van der Waals surface area contributed by atoms with Crippen molar-refractivity contribution in [3.05, 3.63) is 86.1 Å². The topological polar surface area (TPSA) is 72.0 Å². The van der Waals surface area contributed by atoms with Gasteiger partial charge < -0.3 is 14.8 Å². The largest absolute Gasteiger partial charge is 0.490 e. The van der Waals surface area contributed by atoms with E-state index in [1.807, 2.05) is 26.0 Å². The monoisotopic (exact) mass is 577 g/mol. The molecule has 2 amide bonds.